The first-order chi connectivity index (χ1) is 12.1. The Kier molecular flexibility index (Phi) is 4.90. The van der Waals surface area contributed by atoms with Crippen LogP contribution in [0.15, 0.2) is 48.8 Å². The van der Waals surface area contributed by atoms with E-state index in [2.05, 4.69) is 15.4 Å². The van der Waals surface area contributed by atoms with Crippen LogP contribution >= 0.6 is 0 Å². The minimum atomic E-state index is -0.236. The Balaban J connectivity index is 1.71. The van der Waals surface area contributed by atoms with Crippen LogP contribution in [0, 0.1) is 13.8 Å². The molecular formula is C19H20N4O2. The van der Waals surface area contributed by atoms with Gasteiger partial charge in [0.25, 0.3) is 5.91 Å². The lowest BCUT2D eigenvalue weighted by Gasteiger charge is -2.09. The van der Waals surface area contributed by atoms with E-state index in [1.807, 2.05) is 36.7 Å². The third kappa shape index (κ3) is 3.92. The number of pyridine rings is 1. The Morgan fingerprint density at radius 3 is 2.60 bits per heavy atom. The summed E-state index contributed by atoms with van der Waals surface area (Å²) >= 11 is 0. The quantitative estimate of drug-likeness (QED) is 0.751. The minimum absolute atomic E-state index is 0.153. The topological polar surface area (TPSA) is 80.0 Å². The van der Waals surface area contributed by atoms with Gasteiger partial charge in [-0.05, 0) is 43.7 Å². The van der Waals surface area contributed by atoms with E-state index >= 15 is 0 Å². The second kappa shape index (κ2) is 7.27. The number of aliphatic hydroxyl groups is 1. The van der Waals surface area contributed by atoms with E-state index in [0.29, 0.717) is 23.4 Å². The van der Waals surface area contributed by atoms with Crippen molar-refractivity contribution in [1.29, 1.82) is 0 Å². The van der Waals surface area contributed by atoms with Gasteiger partial charge in [0.05, 0.1) is 30.7 Å². The van der Waals surface area contributed by atoms with Gasteiger partial charge in [0.1, 0.15) is 0 Å². The summed E-state index contributed by atoms with van der Waals surface area (Å²) in [5.41, 5.74) is 4.85. The van der Waals surface area contributed by atoms with E-state index in [-0.39, 0.29) is 12.5 Å². The summed E-state index contributed by atoms with van der Waals surface area (Å²) in [7, 11) is 0. The molecule has 1 aromatic carbocycles. The number of hydrogen-bond acceptors (Lipinski definition) is 4. The lowest BCUT2D eigenvalue weighted by Crippen LogP contribution is -2.14. The normalized spacial score (nSPS) is 10.7. The number of nitrogens with one attached hydrogen (secondary N) is 1. The third-order valence-electron chi connectivity index (χ3n) is 3.98. The van der Waals surface area contributed by atoms with Crippen molar-refractivity contribution < 1.29 is 9.90 Å². The zero-order valence-electron chi connectivity index (χ0n) is 14.2. The number of carbonyl (C=O) groups is 1. The molecule has 0 saturated heterocycles. The number of nitrogens with zero attached hydrogens (tertiary/aromatic N) is 3. The number of aromatic nitrogens is 3. The van der Waals surface area contributed by atoms with Crippen molar-refractivity contribution in [3.8, 4) is 0 Å². The van der Waals surface area contributed by atoms with E-state index < -0.39 is 0 Å². The largest absolute Gasteiger partial charge is 0.392 e. The SMILES string of the molecule is Cc1cc(C)n(Cc2ccc(C(=O)Nc3cnccc3CO)cc2)n1. The van der Waals surface area contributed by atoms with Crippen LogP contribution in [0.25, 0.3) is 0 Å². The van der Waals surface area contributed by atoms with Crippen molar-refractivity contribution in [3.05, 3.63) is 76.9 Å². The molecule has 0 aliphatic carbocycles. The maximum atomic E-state index is 12.4. The summed E-state index contributed by atoms with van der Waals surface area (Å²) in [4.78, 5) is 16.3. The molecule has 2 aromatic heterocycles. The van der Waals surface area contributed by atoms with E-state index in [1.54, 1.807) is 24.4 Å². The van der Waals surface area contributed by atoms with Gasteiger partial charge in [-0.2, -0.15) is 5.10 Å². The van der Waals surface area contributed by atoms with Crippen molar-refractivity contribution >= 4 is 11.6 Å². The Morgan fingerprint density at radius 1 is 1.20 bits per heavy atom. The highest BCUT2D eigenvalue weighted by atomic mass is 16.3. The first-order valence-corrected chi connectivity index (χ1v) is 8.02. The number of benzene rings is 1. The molecule has 25 heavy (non-hydrogen) atoms. The molecule has 3 rings (SSSR count). The lowest BCUT2D eigenvalue weighted by atomic mass is 10.1. The number of hydrogen-bond donors (Lipinski definition) is 2. The van der Waals surface area contributed by atoms with Crippen molar-refractivity contribution in [1.82, 2.24) is 14.8 Å². The molecule has 0 radical (unpaired) electrons. The second-order valence-electron chi connectivity index (χ2n) is 5.93. The molecular weight excluding hydrogens is 316 g/mol. The summed E-state index contributed by atoms with van der Waals surface area (Å²) in [6, 6.07) is 11.1. The summed E-state index contributed by atoms with van der Waals surface area (Å²) in [6.45, 7) is 4.50. The fourth-order valence-corrected chi connectivity index (χ4v) is 2.64. The summed E-state index contributed by atoms with van der Waals surface area (Å²) in [5, 5.41) is 16.5. The Morgan fingerprint density at radius 2 is 1.96 bits per heavy atom. The summed E-state index contributed by atoms with van der Waals surface area (Å²) in [6.07, 6.45) is 3.11. The van der Waals surface area contributed by atoms with E-state index in [1.165, 1.54) is 6.20 Å². The molecule has 2 heterocycles. The number of aryl methyl sites for hydroxylation is 2. The first kappa shape index (κ1) is 16.9. The highest BCUT2D eigenvalue weighted by Gasteiger charge is 2.09. The van der Waals surface area contributed by atoms with Gasteiger partial charge in [0.2, 0.25) is 0 Å². The second-order valence-corrected chi connectivity index (χ2v) is 5.93. The van der Waals surface area contributed by atoms with Crippen molar-refractivity contribution in [2.45, 2.75) is 27.0 Å². The number of rotatable bonds is 5. The minimum Gasteiger partial charge on any atom is -0.392 e. The molecule has 0 unspecified atom stereocenters. The molecule has 0 bridgehead atoms. The van der Waals surface area contributed by atoms with Crippen LogP contribution in [-0.2, 0) is 13.2 Å². The molecule has 0 aliphatic heterocycles. The van der Waals surface area contributed by atoms with Gasteiger partial charge >= 0.3 is 0 Å². The van der Waals surface area contributed by atoms with Crippen molar-refractivity contribution in [3.63, 3.8) is 0 Å². The molecule has 0 aliphatic rings. The zero-order chi connectivity index (χ0) is 17.8. The maximum absolute atomic E-state index is 12.4. The molecule has 6 nitrogen and oxygen atoms in total. The van der Waals surface area contributed by atoms with Crippen LogP contribution in [-0.4, -0.2) is 25.8 Å². The van der Waals surface area contributed by atoms with Crippen LogP contribution in [0.5, 0.6) is 0 Å². The molecule has 0 saturated carbocycles. The number of anilines is 1. The van der Waals surface area contributed by atoms with Crippen LogP contribution in [0.1, 0.15) is 32.9 Å². The summed E-state index contributed by atoms with van der Waals surface area (Å²) in [5.74, 6) is -0.236. The molecule has 3 aromatic rings. The molecule has 0 spiro atoms. The van der Waals surface area contributed by atoms with Gasteiger partial charge < -0.3 is 10.4 Å². The van der Waals surface area contributed by atoms with Gasteiger partial charge in [-0.25, -0.2) is 0 Å². The lowest BCUT2D eigenvalue weighted by molar-refractivity contribution is 0.102. The summed E-state index contributed by atoms with van der Waals surface area (Å²) < 4.78 is 1.94. The number of carbonyl (C=O) groups excluding carboxylic acids is 1. The predicted molar refractivity (Wildman–Crippen MR) is 95.4 cm³/mol. The zero-order valence-corrected chi connectivity index (χ0v) is 14.2. The van der Waals surface area contributed by atoms with E-state index in [0.717, 1.165) is 17.0 Å². The highest BCUT2D eigenvalue weighted by molar-refractivity contribution is 6.04. The third-order valence-corrected chi connectivity index (χ3v) is 3.98. The average molecular weight is 336 g/mol. The van der Waals surface area contributed by atoms with Gasteiger partial charge in [-0.3, -0.25) is 14.5 Å². The molecule has 2 N–H and O–H groups in total. The van der Waals surface area contributed by atoms with Gasteiger partial charge in [0.15, 0.2) is 0 Å². The number of amides is 1. The fraction of sp³-hybridized carbons (Fsp3) is 0.211. The van der Waals surface area contributed by atoms with Crippen molar-refractivity contribution in [2.24, 2.45) is 0 Å². The van der Waals surface area contributed by atoms with E-state index in [9.17, 15) is 9.90 Å². The molecule has 0 atom stereocenters. The Hall–Kier alpha value is -2.99. The van der Waals surface area contributed by atoms with Crippen LogP contribution < -0.4 is 5.32 Å². The predicted octanol–water partition coefficient (Wildman–Crippen LogP) is 2.69. The number of aliphatic hydroxyl groups excluding tert-OH is 1. The first-order valence-electron chi connectivity index (χ1n) is 8.02. The molecule has 6 heteroatoms. The Labute approximate surface area is 146 Å². The van der Waals surface area contributed by atoms with Gasteiger partial charge in [-0.1, -0.05) is 12.1 Å². The van der Waals surface area contributed by atoms with Crippen molar-refractivity contribution in [2.75, 3.05) is 5.32 Å². The molecule has 0 fully saturated rings. The standard InChI is InChI=1S/C19H20N4O2/c1-13-9-14(2)23(22-13)11-15-3-5-16(6-4-15)19(25)21-18-10-20-8-7-17(18)12-24/h3-10,24H,11-12H2,1-2H3,(H,21,25). The van der Waals surface area contributed by atoms with Gasteiger partial charge in [-0.15, -0.1) is 0 Å². The monoisotopic (exact) mass is 336 g/mol. The molecule has 1 amide bonds. The molecule has 128 valence electrons. The maximum Gasteiger partial charge on any atom is 0.255 e. The van der Waals surface area contributed by atoms with Gasteiger partial charge in [0, 0.05) is 23.0 Å². The average Bonchev–Trinajstić information content (AvgIpc) is 2.93. The van der Waals surface area contributed by atoms with Crippen LogP contribution in [0.4, 0.5) is 5.69 Å². The Bertz CT molecular complexity index is 885. The van der Waals surface area contributed by atoms with Crippen LogP contribution in [0.2, 0.25) is 0 Å². The van der Waals surface area contributed by atoms with E-state index in [4.69, 9.17) is 0 Å². The van der Waals surface area contributed by atoms with Crippen LogP contribution in [0.3, 0.4) is 0 Å². The highest BCUT2D eigenvalue weighted by Crippen LogP contribution is 2.15. The smallest absolute Gasteiger partial charge is 0.255 e. The fourth-order valence-electron chi connectivity index (χ4n) is 2.64.